The Hall–Kier alpha value is -3.62. The van der Waals surface area contributed by atoms with Crippen LogP contribution in [0, 0.1) is 0 Å². The van der Waals surface area contributed by atoms with Gasteiger partial charge in [0.1, 0.15) is 6.10 Å². The predicted octanol–water partition coefficient (Wildman–Crippen LogP) is 3.74. The molecule has 1 saturated heterocycles. The molecule has 10 nitrogen and oxygen atoms in total. The lowest BCUT2D eigenvalue weighted by molar-refractivity contribution is -0.141. The second-order valence-corrected chi connectivity index (χ2v) is 11.0. The number of carbonyl (C=O) groups is 2. The number of hydrogen-bond acceptors (Lipinski definition) is 7. The molecule has 38 heavy (non-hydrogen) atoms. The van der Waals surface area contributed by atoms with Crippen LogP contribution in [0.3, 0.4) is 0 Å². The van der Waals surface area contributed by atoms with E-state index < -0.39 is 39.8 Å². The minimum Gasteiger partial charge on any atom is -0.474 e. The summed E-state index contributed by atoms with van der Waals surface area (Å²) in [4.78, 5) is 28.9. The molecule has 0 saturated carbocycles. The minimum atomic E-state index is -4.83. The maximum Gasteiger partial charge on any atom is 0.435 e. The van der Waals surface area contributed by atoms with Crippen molar-refractivity contribution in [3.05, 3.63) is 71.7 Å². The zero-order chi connectivity index (χ0) is 27.3. The molecule has 14 heteroatoms. The molecule has 0 radical (unpaired) electrons. The van der Waals surface area contributed by atoms with E-state index in [2.05, 4.69) is 20.7 Å². The summed E-state index contributed by atoms with van der Waals surface area (Å²) in [6.45, 7) is -0.153. The lowest BCUT2D eigenvalue weighted by Gasteiger charge is -2.38. The zero-order valence-corrected chi connectivity index (χ0v) is 20.8. The quantitative estimate of drug-likeness (QED) is 0.312. The molecule has 0 aliphatic carbocycles. The maximum absolute atomic E-state index is 13.5. The largest absolute Gasteiger partial charge is 0.474 e. The molecule has 4 N–H and O–H groups in total. The van der Waals surface area contributed by atoms with Gasteiger partial charge in [0.2, 0.25) is 5.88 Å². The van der Waals surface area contributed by atoms with Crippen LogP contribution in [0.5, 0.6) is 5.88 Å². The van der Waals surface area contributed by atoms with E-state index in [0.717, 1.165) is 10.9 Å². The third-order valence-electron chi connectivity index (χ3n) is 5.76. The molecule has 3 heterocycles. The summed E-state index contributed by atoms with van der Waals surface area (Å²) in [6.07, 6.45) is -1.70. The monoisotopic (exact) mass is 553 g/mol. The molecule has 0 spiro atoms. The molecule has 0 atom stereocenters. The Kier molecular flexibility index (Phi) is 8.23. The van der Waals surface area contributed by atoms with Gasteiger partial charge in [-0.1, -0.05) is 18.2 Å². The molecule has 1 aliphatic rings. The number of hydrogen-bond donors (Lipinski definition) is 4. The summed E-state index contributed by atoms with van der Waals surface area (Å²) in [5.74, 6) is -0.601. The fraction of sp³-hybridized carbons (Fsp3) is 0.333. The lowest BCUT2D eigenvalue weighted by Crippen LogP contribution is -2.35. The van der Waals surface area contributed by atoms with Crippen molar-refractivity contribution in [1.29, 1.82) is 0 Å². The van der Waals surface area contributed by atoms with Crippen LogP contribution in [-0.2, 0) is 6.18 Å². The third-order valence-corrected chi connectivity index (χ3v) is 7.54. The lowest BCUT2D eigenvalue weighted by atomic mass is 10.2. The average molecular weight is 554 g/mol. The van der Waals surface area contributed by atoms with Crippen molar-refractivity contribution in [3.8, 4) is 11.6 Å². The van der Waals surface area contributed by atoms with E-state index in [1.54, 1.807) is 30.3 Å². The van der Waals surface area contributed by atoms with Gasteiger partial charge in [0.05, 0.1) is 16.8 Å². The summed E-state index contributed by atoms with van der Waals surface area (Å²) < 4.78 is 66.5. The molecule has 1 aliphatic heterocycles. The zero-order valence-electron chi connectivity index (χ0n) is 20.0. The molecular formula is C24H26F3N5O5S. The first-order chi connectivity index (χ1) is 18.0. The molecule has 3 aromatic rings. The number of alkyl halides is 3. The molecular weight excluding hydrogens is 527 g/mol. The predicted molar refractivity (Wildman–Crippen MR) is 134 cm³/mol. The highest BCUT2D eigenvalue weighted by molar-refractivity contribution is 8.24. The van der Waals surface area contributed by atoms with Crippen molar-refractivity contribution in [2.24, 2.45) is 0 Å². The summed E-state index contributed by atoms with van der Waals surface area (Å²) in [6, 6.07) is 11.1. The van der Waals surface area contributed by atoms with Gasteiger partial charge in [-0.25, -0.2) is 9.67 Å². The normalized spacial score (nSPS) is 16.4. The van der Waals surface area contributed by atoms with E-state index >= 15 is 0 Å². The standard InChI is InChI=1S/C24H26F3N5O5S/c25-24(26,27)21-19(15-32(31-21)17-4-2-1-3-5-17)23(34)29-11-10-28-22(33)16-6-7-20(30-14-16)37-18-8-12-38(35,36)13-9-18/h1-7,14-15,18,35-36H,8-13H2,(H,28,33)(H,29,34). The first-order valence-corrected chi connectivity index (χ1v) is 13.6. The summed E-state index contributed by atoms with van der Waals surface area (Å²) in [5.41, 5.74) is -1.34. The van der Waals surface area contributed by atoms with Crippen molar-refractivity contribution in [3.63, 3.8) is 0 Å². The van der Waals surface area contributed by atoms with Crippen molar-refractivity contribution in [2.75, 3.05) is 24.6 Å². The van der Waals surface area contributed by atoms with Gasteiger partial charge in [0, 0.05) is 55.9 Å². The topological polar surface area (TPSA) is 139 Å². The van der Waals surface area contributed by atoms with Gasteiger partial charge >= 0.3 is 6.18 Å². The van der Waals surface area contributed by atoms with Crippen LogP contribution in [0.15, 0.2) is 54.9 Å². The van der Waals surface area contributed by atoms with E-state index in [0.29, 0.717) is 24.4 Å². The number of amides is 2. The number of halogens is 3. The van der Waals surface area contributed by atoms with Gasteiger partial charge in [0.25, 0.3) is 11.8 Å². The van der Waals surface area contributed by atoms with Crippen molar-refractivity contribution in [2.45, 2.75) is 25.1 Å². The maximum atomic E-state index is 13.5. The van der Waals surface area contributed by atoms with Crippen LogP contribution < -0.4 is 15.4 Å². The number of carbonyl (C=O) groups excluding carboxylic acids is 2. The molecule has 2 amide bonds. The summed E-state index contributed by atoms with van der Waals surface area (Å²) >= 11 is 0. The van der Waals surface area contributed by atoms with Gasteiger partial charge in [-0.15, -0.1) is 0 Å². The van der Waals surface area contributed by atoms with Gasteiger partial charge in [0.15, 0.2) is 5.69 Å². The van der Waals surface area contributed by atoms with Crippen molar-refractivity contribution >= 4 is 22.4 Å². The van der Waals surface area contributed by atoms with Crippen LogP contribution in [-0.4, -0.2) is 66.4 Å². The number of rotatable bonds is 8. The van der Waals surface area contributed by atoms with Crippen molar-refractivity contribution in [1.82, 2.24) is 25.4 Å². The number of nitrogens with one attached hydrogen (secondary N) is 2. The number of para-hydroxylation sites is 1. The van der Waals surface area contributed by atoms with E-state index in [-0.39, 0.29) is 36.3 Å². The number of nitrogens with zero attached hydrogens (tertiary/aromatic N) is 3. The van der Waals surface area contributed by atoms with Gasteiger partial charge < -0.3 is 15.4 Å². The molecule has 204 valence electrons. The number of ether oxygens (including phenoxy) is 1. The highest BCUT2D eigenvalue weighted by Crippen LogP contribution is 2.44. The highest BCUT2D eigenvalue weighted by atomic mass is 32.3. The molecule has 2 aromatic heterocycles. The third kappa shape index (κ3) is 7.02. The fourth-order valence-corrected chi connectivity index (χ4v) is 5.26. The van der Waals surface area contributed by atoms with Crippen LogP contribution in [0.4, 0.5) is 13.2 Å². The summed E-state index contributed by atoms with van der Waals surface area (Å²) in [7, 11) is -2.51. The Morgan fingerprint density at radius 1 is 1.03 bits per heavy atom. The van der Waals surface area contributed by atoms with Crippen LogP contribution in [0.25, 0.3) is 5.69 Å². The van der Waals surface area contributed by atoms with Gasteiger partial charge in [-0.2, -0.15) is 28.9 Å². The van der Waals surface area contributed by atoms with Crippen LogP contribution in [0.2, 0.25) is 0 Å². The first-order valence-electron chi connectivity index (χ1n) is 11.7. The molecule has 1 fully saturated rings. The number of pyridine rings is 1. The first kappa shape index (κ1) is 27.4. The number of aromatic nitrogens is 3. The van der Waals surface area contributed by atoms with E-state index in [9.17, 15) is 31.9 Å². The second-order valence-electron chi connectivity index (χ2n) is 8.59. The minimum absolute atomic E-state index is 0.0362. The second kappa shape index (κ2) is 11.4. The Morgan fingerprint density at radius 3 is 2.29 bits per heavy atom. The van der Waals surface area contributed by atoms with Gasteiger partial charge in [-0.3, -0.25) is 18.7 Å². The SMILES string of the molecule is O=C(NCCNC(=O)c1cn(-c2ccccc2)nc1C(F)(F)F)c1ccc(OC2CCS(O)(O)CC2)nc1. The Labute approximate surface area is 217 Å². The average Bonchev–Trinajstić information content (AvgIpc) is 3.35. The Morgan fingerprint density at radius 2 is 1.68 bits per heavy atom. The molecule has 4 rings (SSSR count). The van der Waals surface area contributed by atoms with E-state index in [1.165, 1.54) is 18.3 Å². The van der Waals surface area contributed by atoms with Crippen LogP contribution >= 0.6 is 10.6 Å². The van der Waals surface area contributed by atoms with E-state index in [1.807, 2.05) is 0 Å². The Balaban J connectivity index is 1.27. The van der Waals surface area contributed by atoms with Gasteiger partial charge in [-0.05, 0) is 18.2 Å². The molecule has 0 unspecified atom stereocenters. The highest BCUT2D eigenvalue weighted by Gasteiger charge is 2.39. The fourth-order valence-electron chi connectivity index (χ4n) is 3.77. The number of benzene rings is 1. The van der Waals surface area contributed by atoms with Crippen LogP contribution in [0.1, 0.15) is 39.3 Å². The Bertz CT molecular complexity index is 1260. The smallest absolute Gasteiger partial charge is 0.435 e. The molecule has 1 aromatic carbocycles. The van der Waals surface area contributed by atoms with E-state index in [4.69, 9.17) is 4.74 Å². The molecule has 0 bridgehead atoms. The van der Waals surface area contributed by atoms with Crippen molar-refractivity contribution < 1.29 is 36.6 Å². The summed E-state index contributed by atoms with van der Waals surface area (Å²) in [5, 5.41) is 8.47.